The van der Waals surface area contributed by atoms with Gasteiger partial charge in [0.05, 0.1) is 5.75 Å². The molecule has 0 fully saturated rings. The Bertz CT molecular complexity index is 478. The van der Waals surface area contributed by atoms with E-state index >= 15 is 0 Å². The summed E-state index contributed by atoms with van der Waals surface area (Å²) in [6, 6.07) is 0. The van der Waals surface area contributed by atoms with Crippen molar-refractivity contribution < 1.29 is 13.6 Å². The second-order valence-corrected chi connectivity index (χ2v) is 5.84. The number of thiazole rings is 1. The van der Waals surface area contributed by atoms with Crippen LogP contribution in [0.1, 0.15) is 26.0 Å². The highest BCUT2D eigenvalue weighted by atomic mass is 32.2. The molecule has 0 aliphatic rings. The summed E-state index contributed by atoms with van der Waals surface area (Å²) in [7, 11) is -3.31. The molecule has 90 valence electrons. The molecule has 0 bridgehead atoms. The van der Waals surface area contributed by atoms with Gasteiger partial charge in [0, 0.05) is 5.38 Å². The summed E-state index contributed by atoms with van der Waals surface area (Å²) in [5, 5.41) is 13.4. The van der Waals surface area contributed by atoms with E-state index in [9.17, 15) is 8.42 Å². The number of nitrogens with one attached hydrogen (secondary N) is 1. The van der Waals surface area contributed by atoms with E-state index in [1.54, 1.807) is 19.2 Å². The predicted molar refractivity (Wildman–Crippen MR) is 63.8 cm³/mol. The lowest BCUT2D eigenvalue weighted by atomic mass is 10.3. The summed E-state index contributed by atoms with van der Waals surface area (Å²) < 4.78 is 25.2. The van der Waals surface area contributed by atoms with Gasteiger partial charge in [0.25, 0.3) is 0 Å². The Morgan fingerprint density at radius 1 is 1.69 bits per heavy atom. The first-order chi connectivity index (χ1) is 7.48. The lowest BCUT2D eigenvalue weighted by Gasteiger charge is -2.02. The number of rotatable bonds is 5. The Hall–Kier alpha value is -1.15. The number of hydrogen-bond donors (Lipinski definition) is 2. The largest absolute Gasteiger partial charge is 0.411 e. The van der Waals surface area contributed by atoms with Crippen LogP contribution in [0.2, 0.25) is 0 Å². The van der Waals surface area contributed by atoms with Gasteiger partial charge < -0.3 is 5.21 Å². The highest BCUT2D eigenvalue weighted by Crippen LogP contribution is 2.17. The van der Waals surface area contributed by atoms with Crippen LogP contribution in [-0.4, -0.2) is 30.1 Å². The van der Waals surface area contributed by atoms with Crippen molar-refractivity contribution in [3.8, 4) is 0 Å². The minimum absolute atomic E-state index is 0.0645. The van der Waals surface area contributed by atoms with Crippen molar-refractivity contribution in [3.63, 3.8) is 0 Å². The predicted octanol–water partition coefficient (Wildman–Crippen LogP) is 1.49. The number of hydrogen-bond acceptors (Lipinski definition) is 6. The molecule has 0 saturated heterocycles. The van der Waals surface area contributed by atoms with Gasteiger partial charge >= 0.3 is 0 Å². The van der Waals surface area contributed by atoms with E-state index in [2.05, 4.69) is 14.9 Å². The third-order valence-electron chi connectivity index (χ3n) is 1.74. The zero-order valence-electron chi connectivity index (χ0n) is 8.97. The summed E-state index contributed by atoms with van der Waals surface area (Å²) >= 11 is 1.15. The summed E-state index contributed by atoms with van der Waals surface area (Å²) in [6.45, 7) is 3.37. The standard InChI is InChI=1S/C8H13N3O3S2/c1-3-4-16(13,14)11-8-9-7(5-15-8)6(2)10-12/h5,12H,3-4H2,1-2H3,(H,9,11). The molecular formula is C8H13N3O3S2. The molecular weight excluding hydrogens is 250 g/mol. The second-order valence-electron chi connectivity index (χ2n) is 3.14. The van der Waals surface area contributed by atoms with Gasteiger partial charge in [-0.15, -0.1) is 11.3 Å². The fraction of sp³-hybridized carbons (Fsp3) is 0.500. The van der Waals surface area contributed by atoms with Crippen molar-refractivity contribution in [1.29, 1.82) is 0 Å². The molecule has 1 rings (SSSR count). The fourth-order valence-corrected chi connectivity index (χ4v) is 3.11. The van der Waals surface area contributed by atoms with Gasteiger partial charge in [-0.2, -0.15) is 0 Å². The number of nitrogens with zero attached hydrogens (tertiary/aromatic N) is 2. The zero-order valence-corrected chi connectivity index (χ0v) is 10.6. The van der Waals surface area contributed by atoms with Gasteiger partial charge in [-0.25, -0.2) is 13.4 Å². The molecule has 6 nitrogen and oxygen atoms in total. The van der Waals surface area contributed by atoms with E-state index < -0.39 is 10.0 Å². The summed E-state index contributed by atoms with van der Waals surface area (Å²) in [5.41, 5.74) is 0.805. The molecule has 0 radical (unpaired) electrons. The molecule has 0 aliphatic heterocycles. The Balaban J connectivity index is 2.81. The van der Waals surface area contributed by atoms with Crippen LogP contribution in [0.15, 0.2) is 10.5 Å². The van der Waals surface area contributed by atoms with E-state index in [0.29, 0.717) is 17.8 Å². The molecule has 0 aliphatic carbocycles. The molecule has 16 heavy (non-hydrogen) atoms. The smallest absolute Gasteiger partial charge is 0.234 e. The van der Waals surface area contributed by atoms with Crippen LogP contribution in [0, 0.1) is 0 Å². The van der Waals surface area contributed by atoms with Crippen molar-refractivity contribution in [2.75, 3.05) is 10.5 Å². The summed E-state index contributed by atoms with van der Waals surface area (Å²) in [5.74, 6) is 0.0645. The highest BCUT2D eigenvalue weighted by Gasteiger charge is 2.12. The van der Waals surface area contributed by atoms with E-state index in [1.165, 1.54) is 0 Å². The van der Waals surface area contributed by atoms with Crippen LogP contribution in [-0.2, 0) is 10.0 Å². The van der Waals surface area contributed by atoms with Crippen molar-refractivity contribution in [2.45, 2.75) is 20.3 Å². The molecule has 2 N–H and O–H groups in total. The van der Waals surface area contributed by atoms with Crippen LogP contribution < -0.4 is 4.72 Å². The lowest BCUT2D eigenvalue weighted by Crippen LogP contribution is -2.16. The summed E-state index contributed by atoms with van der Waals surface area (Å²) in [4.78, 5) is 3.99. The number of aromatic nitrogens is 1. The minimum Gasteiger partial charge on any atom is -0.411 e. The molecule has 1 aromatic heterocycles. The average molecular weight is 263 g/mol. The van der Waals surface area contributed by atoms with Gasteiger partial charge in [-0.05, 0) is 13.3 Å². The van der Waals surface area contributed by atoms with E-state index in [4.69, 9.17) is 5.21 Å². The first-order valence-electron chi connectivity index (χ1n) is 4.63. The van der Waals surface area contributed by atoms with Gasteiger partial charge in [0.15, 0.2) is 5.13 Å². The minimum atomic E-state index is -3.31. The molecule has 0 aromatic carbocycles. The molecule has 0 unspecified atom stereocenters. The lowest BCUT2D eigenvalue weighted by molar-refractivity contribution is 0.319. The molecule has 0 atom stereocenters. The molecule has 0 amide bonds. The van der Waals surface area contributed by atoms with Crippen molar-refractivity contribution >= 4 is 32.2 Å². The molecule has 1 aromatic rings. The van der Waals surface area contributed by atoms with Gasteiger partial charge in [-0.1, -0.05) is 12.1 Å². The normalized spacial score (nSPS) is 12.8. The van der Waals surface area contributed by atoms with Gasteiger partial charge in [-0.3, -0.25) is 4.72 Å². The first-order valence-corrected chi connectivity index (χ1v) is 7.16. The average Bonchev–Trinajstić information content (AvgIpc) is 2.64. The van der Waals surface area contributed by atoms with E-state index in [1.807, 2.05) is 0 Å². The third-order valence-corrected chi connectivity index (χ3v) is 4.08. The number of sulfonamides is 1. The SMILES string of the molecule is CCCS(=O)(=O)Nc1nc(C(C)=NO)cs1. The van der Waals surface area contributed by atoms with Crippen molar-refractivity contribution in [1.82, 2.24) is 4.98 Å². The first kappa shape index (κ1) is 12.9. The van der Waals surface area contributed by atoms with Gasteiger partial charge in [0.2, 0.25) is 10.0 Å². The Kier molecular flexibility index (Phi) is 4.25. The Labute approximate surface area is 98.1 Å². The number of anilines is 1. The molecule has 1 heterocycles. The van der Waals surface area contributed by atoms with Crippen molar-refractivity contribution in [3.05, 3.63) is 11.1 Å². The van der Waals surface area contributed by atoms with E-state index in [0.717, 1.165) is 11.3 Å². The molecule has 0 saturated carbocycles. The molecule has 8 heteroatoms. The Morgan fingerprint density at radius 2 is 2.38 bits per heavy atom. The maximum absolute atomic E-state index is 11.4. The molecule has 0 spiro atoms. The highest BCUT2D eigenvalue weighted by molar-refractivity contribution is 7.92. The number of oxime groups is 1. The second kappa shape index (κ2) is 5.26. The van der Waals surface area contributed by atoms with Crippen molar-refractivity contribution in [2.24, 2.45) is 5.16 Å². The maximum atomic E-state index is 11.4. The van der Waals surface area contributed by atoms with E-state index in [-0.39, 0.29) is 10.9 Å². The monoisotopic (exact) mass is 263 g/mol. The van der Waals surface area contributed by atoms with Crippen LogP contribution in [0.4, 0.5) is 5.13 Å². The quantitative estimate of drug-likeness (QED) is 0.478. The topological polar surface area (TPSA) is 91.7 Å². The van der Waals surface area contributed by atoms with Crippen LogP contribution in [0.25, 0.3) is 0 Å². The Morgan fingerprint density at radius 3 is 2.94 bits per heavy atom. The van der Waals surface area contributed by atoms with Crippen LogP contribution in [0.3, 0.4) is 0 Å². The zero-order chi connectivity index (χ0) is 12.2. The maximum Gasteiger partial charge on any atom is 0.234 e. The summed E-state index contributed by atoms with van der Waals surface area (Å²) in [6.07, 6.45) is 0.546. The fourth-order valence-electron chi connectivity index (χ4n) is 0.991. The third kappa shape index (κ3) is 3.46. The van der Waals surface area contributed by atoms with Gasteiger partial charge in [0.1, 0.15) is 11.4 Å². The van der Waals surface area contributed by atoms with Crippen LogP contribution >= 0.6 is 11.3 Å². The van der Waals surface area contributed by atoms with Crippen LogP contribution in [0.5, 0.6) is 0 Å².